The SMILES string of the molecule is O=C(OCC(CN1CCCCC1)OC(=O)C(CBr)CBr)C(CBr)CBr. The summed E-state index contributed by atoms with van der Waals surface area (Å²) < 4.78 is 11.1. The Morgan fingerprint density at radius 3 is 1.88 bits per heavy atom. The molecule has 1 unspecified atom stereocenters. The number of ether oxygens (including phenoxy) is 2. The zero-order valence-corrected chi connectivity index (χ0v) is 20.4. The van der Waals surface area contributed by atoms with Gasteiger partial charge in [-0.05, 0) is 25.9 Å². The van der Waals surface area contributed by atoms with Gasteiger partial charge in [0.1, 0.15) is 12.7 Å². The van der Waals surface area contributed by atoms with Crippen LogP contribution >= 0.6 is 63.7 Å². The number of likely N-dealkylation sites (tertiary alicyclic amines) is 1. The molecule has 1 atom stereocenters. The van der Waals surface area contributed by atoms with Crippen molar-refractivity contribution in [2.75, 3.05) is 47.6 Å². The Kier molecular flexibility index (Phi) is 13.3. The first-order valence-corrected chi connectivity index (χ1v) is 12.9. The molecule has 1 aliphatic rings. The Labute approximate surface area is 183 Å². The third-order valence-corrected chi connectivity index (χ3v) is 7.14. The van der Waals surface area contributed by atoms with Crippen LogP contribution in [0.3, 0.4) is 0 Å². The van der Waals surface area contributed by atoms with Crippen LogP contribution in [0.25, 0.3) is 0 Å². The Morgan fingerprint density at radius 2 is 1.36 bits per heavy atom. The van der Waals surface area contributed by atoms with Crippen molar-refractivity contribution in [3.63, 3.8) is 0 Å². The quantitative estimate of drug-likeness (QED) is 0.262. The minimum absolute atomic E-state index is 0.0921. The highest BCUT2D eigenvalue weighted by molar-refractivity contribution is 9.10. The monoisotopic (exact) mass is 611 g/mol. The molecule has 0 bridgehead atoms. The summed E-state index contributed by atoms with van der Waals surface area (Å²) in [6.07, 6.45) is 3.10. The van der Waals surface area contributed by atoms with Crippen LogP contribution in [0.4, 0.5) is 0 Å². The fourth-order valence-electron chi connectivity index (χ4n) is 2.44. The van der Waals surface area contributed by atoms with Crippen molar-refractivity contribution >= 4 is 75.7 Å². The second-order valence-electron chi connectivity index (χ2n) is 6.06. The van der Waals surface area contributed by atoms with Gasteiger partial charge in [0.15, 0.2) is 0 Å². The number of hydrogen-bond donors (Lipinski definition) is 0. The summed E-state index contributed by atoms with van der Waals surface area (Å²) in [7, 11) is 0. The number of carbonyl (C=O) groups excluding carboxylic acids is 2. The Hall–Kier alpha value is 0.820. The van der Waals surface area contributed by atoms with Gasteiger partial charge in [0.25, 0.3) is 0 Å². The first-order valence-electron chi connectivity index (χ1n) is 8.39. The average Bonchev–Trinajstić information content (AvgIpc) is 2.62. The van der Waals surface area contributed by atoms with Gasteiger partial charge < -0.3 is 9.47 Å². The van der Waals surface area contributed by atoms with Crippen molar-refractivity contribution < 1.29 is 19.1 Å². The number of carbonyl (C=O) groups is 2. The van der Waals surface area contributed by atoms with Crippen molar-refractivity contribution in [2.24, 2.45) is 11.8 Å². The number of esters is 2. The maximum absolute atomic E-state index is 12.3. The maximum atomic E-state index is 12.3. The van der Waals surface area contributed by atoms with Crippen LogP contribution in [-0.2, 0) is 19.1 Å². The molecule has 1 fully saturated rings. The van der Waals surface area contributed by atoms with Gasteiger partial charge in [-0.1, -0.05) is 70.1 Å². The second kappa shape index (κ2) is 13.9. The van der Waals surface area contributed by atoms with Crippen molar-refractivity contribution in [1.29, 1.82) is 0 Å². The van der Waals surface area contributed by atoms with E-state index >= 15 is 0 Å². The zero-order valence-electron chi connectivity index (χ0n) is 14.1. The average molecular weight is 615 g/mol. The molecule has 0 aromatic heterocycles. The van der Waals surface area contributed by atoms with E-state index in [4.69, 9.17) is 9.47 Å². The predicted molar refractivity (Wildman–Crippen MR) is 113 cm³/mol. The second-order valence-corrected chi connectivity index (χ2v) is 8.65. The van der Waals surface area contributed by atoms with Gasteiger partial charge in [0.2, 0.25) is 0 Å². The molecule has 1 heterocycles. The smallest absolute Gasteiger partial charge is 0.311 e. The largest absolute Gasteiger partial charge is 0.461 e. The standard InChI is InChI=1S/C16H25Br4NO4/c17-6-12(7-18)15(22)24-11-14(10-21-4-2-1-3-5-21)25-16(23)13(8-19)9-20/h12-14H,1-11H2. The lowest BCUT2D eigenvalue weighted by atomic mass is 10.1. The van der Waals surface area contributed by atoms with Crippen LogP contribution in [0.1, 0.15) is 19.3 Å². The molecule has 25 heavy (non-hydrogen) atoms. The van der Waals surface area contributed by atoms with Gasteiger partial charge >= 0.3 is 11.9 Å². The maximum Gasteiger partial charge on any atom is 0.311 e. The van der Waals surface area contributed by atoms with Crippen LogP contribution in [0.15, 0.2) is 0 Å². The normalized spacial score (nSPS) is 16.9. The topological polar surface area (TPSA) is 55.8 Å². The molecule has 0 saturated carbocycles. The summed E-state index contributed by atoms with van der Waals surface area (Å²) in [5.74, 6) is -1.06. The van der Waals surface area contributed by atoms with E-state index in [2.05, 4.69) is 68.6 Å². The predicted octanol–water partition coefficient (Wildman–Crippen LogP) is 3.74. The Balaban J connectivity index is 2.62. The van der Waals surface area contributed by atoms with Crippen LogP contribution in [0, 0.1) is 11.8 Å². The minimum atomic E-state index is -0.443. The first-order chi connectivity index (χ1) is 12.0. The highest BCUT2D eigenvalue weighted by Crippen LogP contribution is 2.15. The van der Waals surface area contributed by atoms with Gasteiger partial charge in [-0.3, -0.25) is 14.5 Å². The molecular formula is C16H25Br4NO4. The van der Waals surface area contributed by atoms with Gasteiger partial charge in [-0.2, -0.15) is 0 Å². The molecule has 0 N–H and O–H groups in total. The number of nitrogens with zero attached hydrogens (tertiary/aromatic N) is 1. The lowest BCUT2D eigenvalue weighted by Crippen LogP contribution is -2.42. The summed E-state index contributed by atoms with van der Waals surface area (Å²) in [4.78, 5) is 26.7. The number of hydrogen-bond acceptors (Lipinski definition) is 5. The van der Waals surface area contributed by atoms with Crippen LogP contribution in [0.5, 0.6) is 0 Å². The zero-order chi connectivity index (χ0) is 18.7. The third-order valence-electron chi connectivity index (χ3n) is 4.02. The van der Waals surface area contributed by atoms with Crippen LogP contribution in [-0.4, -0.2) is 70.5 Å². The molecule has 5 nitrogen and oxygen atoms in total. The summed E-state index contributed by atoms with van der Waals surface area (Å²) in [6.45, 7) is 2.68. The molecule has 0 aliphatic carbocycles. The molecule has 1 rings (SSSR count). The highest BCUT2D eigenvalue weighted by Gasteiger charge is 2.26. The van der Waals surface area contributed by atoms with Gasteiger partial charge in [-0.15, -0.1) is 0 Å². The van der Waals surface area contributed by atoms with Gasteiger partial charge in [0.05, 0.1) is 11.8 Å². The lowest BCUT2D eigenvalue weighted by Gasteiger charge is -2.30. The molecule has 0 aromatic rings. The van der Waals surface area contributed by atoms with Crippen molar-refractivity contribution in [2.45, 2.75) is 25.4 Å². The molecule has 1 aliphatic heterocycles. The molecule has 9 heteroatoms. The summed E-state index contributed by atoms with van der Waals surface area (Å²) in [5, 5.41) is 2.12. The number of piperidine rings is 1. The molecule has 0 spiro atoms. The lowest BCUT2D eigenvalue weighted by molar-refractivity contribution is -0.163. The van der Waals surface area contributed by atoms with Crippen molar-refractivity contribution in [3.05, 3.63) is 0 Å². The van der Waals surface area contributed by atoms with Crippen molar-refractivity contribution in [3.8, 4) is 0 Å². The van der Waals surface area contributed by atoms with E-state index in [9.17, 15) is 9.59 Å². The van der Waals surface area contributed by atoms with Crippen LogP contribution in [0.2, 0.25) is 0 Å². The summed E-state index contributed by atoms with van der Waals surface area (Å²) >= 11 is 13.3. The van der Waals surface area contributed by atoms with E-state index in [1.165, 1.54) is 6.42 Å². The van der Waals surface area contributed by atoms with E-state index < -0.39 is 6.10 Å². The fraction of sp³-hybridized carbons (Fsp3) is 0.875. The van der Waals surface area contributed by atoms with E-state index in [0.717, 1.165) is 25.9 Å². The summed E-state index contributed by atoms with van der Waals surface area (Å²) in [6, 6.07) is 0. The number of alkyl halides is 4. The van der Waals surface area contributed by atoms with E-state index in [0.29, 0.717) is 27.9 Å². The molecule has 0 aromatic carbocycles. The molecule has 146 valence electrons. The van der Waals surface area contributed by atoms with E-state index in [1.54, 1.807) is 0 Å². The van der Waals surface area contributed by atoms with Crippen molar-refractivity contribution in [1.82, 2.24) is 4.90 Å². The van der Waals surface area contributed by atoms with Gasteiger partial charge in [-0.25, -0.2) is 0 Å². The Bertz CT molecular complexity index is 400. The molecule has 0 radical (unpaired) electrons. The number of rotatable bonds is 11. The highest BCUT2D eigenvalue weighted by atomic mass is 79.9. The molecule has 1 saturated heterocycles. The van der Waals surface area contributed by atoms with E-state index in [1.807, 2.05) is 0 Å². The van der Waals surface area contributed by atoms with Crippen LogP contribution < -0.4 is 0 Å². The molecule has 0 amide bonds. The number of halogens is 4. The molecular weight excluding hydrogens is 590 g/mol. The first kappa shape index (κ1) is 23.9. The summed E-state index contributed by atoms with van der Waals surface area (Å²) in [5.41, 5.74) is 0. The Morgan fingerprint density at radius 1 is 0.840 bits per heavy atom. The fourth-order valence-corrected chi connectivity index (χ4v) is 5.64. The van der Waals surface area contributed by atoms with Gasteiger partial charge in [0, 0.05) is 27.9 Å². The minimum Gasteiger partial charge on any atom is -0.461 e. The van der Waals surface area contributed by atoms with E-state index in [-0.39, 0.29) is 30.4 Å². The third kappa shape index (κ3) is 9.04.